The minimum Gasteiger partial charge on any atom is -0.326 e. The van der Waals surface area contributed by atoms with Gasteiger partial charge in [-0.25, -0.2) is 4.68 Å². The van der Waals surface area contributed by atoms with E-state index in [1.54, 1.807) is 35.1 Å². The maximum Gasteiger partial charge on any atom is 0.255 e. The third-order valence-corrected chi connectivity index (χ3v) is 3.34. The van der Waals surface area contributed by atoms with Crippen LogP contribution in [0.3, 0.4) is 0 Å². The highest BCUT2D eigenvalue weighted by atomic mass is 16.2. The highest BCUT2D eigenvalue weighted by Gasteiger charge is 2.07. The van der Waals surface area contributed by atoms with Crippen LogP contribution in [0.15, 0.2) is 67.0 Å². The molecule has 6 nitrogen and oxygen atoms in total. The van der Waals surface area contributed by atoms with Crippen LogP contribution in [0.2, 0.25) is 0 Å². The number of anilines is 2. The lowest BCUT2D eigenvalue weighted by Crippen LogP contribution is -2.12. The Bertz CT molecular complexity index is 855. The predicted molar refractivity (Wildman–Crippen MR) is 92.3 cm³/mol. The molecular formula is C18H16N4O2. The number of amides is 2. The molecule has 0 unspecified atom stereocenters. The van der Waals surface area contributed by atoms with E-state index < -0.39 is 0 Å². The smallest absolute Gasteiger partial charge is 0.255 e. The summed E-state index contributed by atoms with van der Waals surface area (Å²) in [7, 11) is 0. The number of aromatic nitrogens is 2. The molecule has 0 aliphatic carbocycles. The number of carbonyl (C=O) groups is 2. The molecule has 0 bridgehead atoms. The van der Waals surface area contributed by atoms with Crippen molar-refractivity contribution >= 4 is 23.2 Å². The van der Waals surface area contributed by atoms with Crippen LogP contribution >= 0.6 is 0 Å². The van der Waals surface area contributed by atoms with Crippen LogP contribution in [0.1, 0.15) is 17.3 Å². The average Bonchev–Trinajstić information content (AvgIpc) is 3.10. The summed E-state index contributed by atoms with van der Waals surface area (Å²) in [5, 5.41) is 9.68. The first-order chi connectivity index (χ1) is 11.6. The van der Waals surface area contributed by atoms with Crippen molar-refractivity contribution in [3.8, 4) is 5.69 Å². The van der Waals surface area contributed by atoms with E-state index in [0.29, 0.717) is 16.9 Å². The molecule has 2 amide bonds. The predicted octanol–water partition coefficient (Wildman–Crippen LogP) is 3.08. The monoisotopic (exact) mass is 320 g/mol. The molecule has 6 heteroatoms. The molecule has 2 N–H and O–H groups in total. The summed E-state index contributed by atoms with van der Waals surface area (Å²) < 4.78 is 1.72. The summed E-state index contributed by atoms with van der Waals surface area (Å²) in [5.74, 6) is -0.371. The first-order valence-electron chi connectivity index (χ1n) is 7.41. The standard InChI is InChI=1S/C18H16N4O2/c1-13(23)20-15-8-6-14(7-9-15)18(24)21-16-4-2-5-17(12-16)22-11-3-10-19-22/h2-12H,1H3,(H,20,23)(H,21,24). The fourth-order valence-electron chi connectivity index (χ4n) is 2.26. The average molecular weight is 320 g/mol. The van der Waals surface area contributed by atoms with E-state index in [1.807, 2.05) is 36.5 Å². The minimum atomic E-state index is -0.220. The molecule has 1 aromatic heterocycles. The molecular weight excluding hydrogens is 304 g/mol. The van der Waals surface area contributed by atoms with E-state index in [4.69, 9.17) is 0 Å². The minimum absolute atomic E-state index is 0.150. The number of rotatable bonds is 4. The molecule has 3 rings (SSSR count). The summed E-state index contributed by atoms with van der Waals surface area (Å²) in [6.45, 7) is 1.44. The molecule has 0 aliphatic heterocycles. The van der Waals surface area contributed by atoms with Gasteiger partial charge in [-0.15, -0.1) is 0 Å². The summed E-state index contributed by atoms with van der Waals surface area (Å²) in [4.78, 5) is 23.3. The maximum atomic E-state index is 12.3. The fraction of sp³-hybridized carbons (Fsp3) is 0.0556. The van der Waals surface area contributed by atoms with E-state index in [1.165, 1.54) is 6.92 Å². The van der Waals surface area contributed by atoms with Gasteiger partial charge in [-0.3, -0.25) is 9.59 Å². The topological polar surface area (TPSA) is 76.0 Å². The first kappa shape index (κ1) is 15.5. The van der Waals surface area contributed by atoms with Gasteiger partial charge in [0, 0.05) is 36.3 Å². The van der Waals surface area contributed by atoms with Gasteiger partial charge >= 0.3 is 0 Å². The van der Waals surface area contributed by atoms with Gasteiger partial charge in [-0.2, -0.15) is 5.10 Å². The zero-order chi connectivity index (χ0) is 16.9. The first-order valence-corrected chi connectivity index (χ1v) is 7.41. The molecule has 0 aliphatic rings. The SMILES string of the molecule is CC(=O)Nc1ccc(C(=O)Nc2cccc(-n3cccn3)c2)cc1. The molecule has 0 spiro atoms. The van der Waals surface area contributed by atoms with Crippen LogP contribution in [0.4, 0.5) is 11.4 Å². The Morgan fingerprint density at radius 2 is 1.75 bits per heavy atom. The zero-order valence-corrected chi connectivity index (χ0v) is 13.1. The summed E-state index contributed by atoms with van der Waals surface area (Å²) in [5.41, 5.74) is 2.70. The van der Waals surface area contributed by atoms with Crippen LogP contribution in [0.25, 0.3) is 5.69 Å². The Morgan fingerprint density at radius 1 is 0.958 bits per heavy atom. The van der Waals surface area contributed by atoms with Crippen LogP contribution in [0, 0.1) is 0 Å². The van der Waals surface area contributed by atoms with Crippen molar-refractivity contribution in [2.75, 3.05) is 10.6 Å². The Labute approximate surface area is 139 Å². The lowest BCUT2D eigenvalue weighted by molar-refractivity contribution is -0.114. The molecule has 2 aromatic carbocycles. The largest absolute Gasteiger partial charge is 0.326 e. The van der Waals surface area contributed by atoms with E-state index in [2.05, 4.69) is 15.7 Å². The number of nitrogens with one attached hydrogen (secondary N) is 2. The highest BCUT2D eigenvalue weighted by molar-refractivity contribution is 6.04. The van der Waals surface area contributed by atoms with Crippen LogP contribution < -0.4 is 10.6 Å². The van der Waals surface area contributed by atoms with Gasteiger partial charge in [0.15, 0.2) is 0 Å². The Hall–Kier alpha value is -3.41. The zero-order valence-electron chi connectivity index (χ0n) is 13.1. The van der Waals surface area contributed by atoms with Gasteiger partial charge in [-0.1, -0.05) is 6.07 Å². The van der Waals surface area contributed by atoms with E-state index in [0.717, 1.165) is 5.69 Å². The van der Waals surface area contributed by atoms with Gasteiger partial charge in [0.1, 0.15) is 0 Å². The molecule has 24 heavy (non-hydrogen) atoms. The Morgan fingerprint density at radius 3 is 2.42 bits per heavy atom. The maximum absolute atomic E-state index is 12.3. The van der Waals surface area contributed by atoms with Gasteiger partial charge in [-0.05, 0) is 48.5 Å². The van der Waals surface area contributed by atoms with Crippen molar-refractivity contribution in [2.24, 2.45) is 0 Å². The highest BCUT2D eigenvalue weighted by Crippen LogP contribution is 2.16. The quantitative estimate of drug-likeness (QED) is 0.775. The van der Waals surface area contributed by atoms with Crippen molar-refractivity contribution in [3.63, 3.8) is 0 Å². The van der Waals surface area contributed by atoms with Gasteiger partial charge in [0.05, 0.1) is 5.69 Å². The second kappa shape index (κ2) is 6.78. The molecule has 3 aromatic rings. The Kier molecular flexibility index (Phi) is 4.38. The molecule has 0 radical (unpaired) electrons. The second-order valence-electron chi connectivity index (χ2n) is 5.21. The van der Waals surface area contributed by atoms with Gasteiger partial charge in [0.2, 0.25) is 5.91 Å². The molecule has 0 fully saturated rings. The van der Waals surface area contributed by atoms with E-state index >= 15 is 0 Å². The number of nitrogens with zero attached hydrogens (tertiary/aromatic N) is 2. The van der Waals surface area contributed by atoms with Crippen molar-refractivity contribution in [2.45, 2.75) is 6.92 Å². The van der Waals surface area contributed by atoms with Crippen LogP contribution in [-0.4, -0.2) is 21.6 Å². The van der Waals surface area contributed by atoms with Gasteiger partial charge < -0.3 is 10.6 Å². The molecule has 120 valence electrons. The summed E-state index contributed by atoms with van der Waals surface area (Å²) in [6, 6.07) is 16.0. The second-order valence-corrected chi connectivity index (χ2v) is 5.21. The molecule has 0 atom stereocenters. The fourth-order valence-corrected chi connectivity index (χ4v) is 2.26. The van der Waals surface area contributed by atoms with Crippen molar-refractivity contribution in [1.29, 1.82) is 0 Å². The van der Waals surface area contributed by atoms with Crippen molar-refractivity contribution in [3.05, 3.63) is 72.6 Å². The Balaban J connectivity index is 1.73. The van der Waals surface area contributed by atoms with Crippen molar-refractivity contribution in [1.82, 2.24) is 9.78 Å². The molecule has 1 heterocycles. The van der Waals surface area contributed by atoms with Crippen molar-refractivity contribution < 1.29 is 9.59 Å². The number of benzene rings is 2. The molecule has 0 saturated carbocycles. The normalized spacial score (nSPS) is 10.2. The summed E-state index contributed by atoms with van der Waals surface area (Å²) in [6.07, 6.45) is 3.53. The number of carbonyl (C=O) groups excluding carboxylic acids is 2. The molecule has 0 saturated heterocycles. The van der Waals surface area contributed by atoms with E-state index in [-0.39, 0.29) is 11.8 Å². The number of hydrogen-bond acceptors (Lipinski definition) is 3. The lowest BCUT2D eigenvalue weighted by atomic mass is 10.2. The third kappa shape index (κ3) is 3.67. The van der Waals surface area contributed by atoms with Crippen LogP contribution in [-0.2, 0) is 4.79 Å². The number of hydrogen-bond donors (Lipinski definition) is 2. The van der Waals surface area contributed by atoms with Crippen LogP contribution in [0.5, 0.6) is 0 Å². The third-order valence-electron chi connectivity index (χ3n) is 3.34. The summed E-state index contributed by atoms with van der Waals surface area (Å²) >= 11 is 0. The van der Waals surface area contributed by atoms with Gasteiger partial charge in [0.25, 0.3) is 5.91 Å². The lowest BCUT2D eigenvalue weighted by Gasteiger charge is -2.08. The van der Waals surface area contributed by atoms with E-state index in [9.17, 15) is 9.59 Å².